The number of piperidine rings is 1. The minimum atomic E-state index is -1.15. The molecule has 1 unspecified atom stereocenters. The van der Waals surface area contributed by atoms with Crippen LogP contribution in [0.4, 0.5) is 4.79 Å². The first kappa shape index (κ1) is 29.7. The van der Waals surface area contributed by atoms with Crippen molar-refractivity contribution in [1.82, 2.24) is 9.80 Å². The second kappa shape index (κ2) is 12.5. The second-order valence-corrected chi connectivity index (χ2v) is 12.2. The van der Waals surface area contributed by atoms with Gasteiger partial charge >= 0.3 is 6.09 Å². The Labute approximate surface area is 237 Å². The number of carboxylic acid groups (broad SMARTS) is 1. The third kappa shape index (κ3) is 6.72. The van der Waals surface area contributed by atoms with Crippen LogP contribution in [-0.4, -0.2) is 69.4 Å². The maximum atomic E-state index is 14.2. The van der Waals surface area contributed by atoms with Crippen LogP contribution in [0, 0.1) is 0 Å². The molecule has 8 heteroatoms. The van der Waals surface area contributed by atoms with E-state index in [0.717, 1.165) is 24.8 Å². The summed E-state index contributed by atoms with van der Waals surface area (Å²) in [5.74, 6) is 0.250. The Morgan fingerprint density at radius 3 is 2.25 bits per heavy atom. The van der Waals surface area contributed by atoms with E-state index in [2.05, 4.69) is 0 Å². The first-order valence-electron chi connectivity index (χ1n) is 14.4. The predicted molar refractivity (Wildman–Crippen MR) is 154 cm³/mol. The van der Waals surface area contributed by atoms with Gasteiger partial charge in [-0.2, -0.15) is 0 Å². The fourth-order valence-electron chi connectivity index (χ4n) is 6.37. The van der Waals surface area contributed by atoms with E-state index in [1.807, 2.05) is 74.2 Å². The Bertz CT molecular complexity index is 1150. The van der Waals surface area contributed by atoms with Gasteiger partial charge < -0.3 is 29.5 Å². The Kier molecular flexibility index (Phi) is 9.29. The molecule has 8 nitrogen and oxygen atoms in total. The van der Waals surface area contributed by atoms with E-state index in [4.69, 9.17) is 9.47 Å². The van der Waals surface area contributed by atoms with E-state index in [1.165, 1.54) is 4.90 Å². The largest absolute Gasteiger partial charge is 0.493 e. The minimum absolute atomic E-state index is 0.111. The Morgan fingerprint density at radius 2 is 1.68 bits per heavy atom. The number of carbonyl (C=O) groups is 2. The molecule has 0 spiro atoms. The zero-order valence-electron chi connectivity index (χ0n) is 24.3. The van der Waals surface area contributed by atoms with Crippen LogP contribution in [-0.2, 0) is 11.4 Å². The molecule has 2 fully saturated rings. The molecule has 2 aliphatic rings. The number of benzene rings is 2. The number of likely N-dealkylation sites (tertiary alicyclic amines) is 1. The van der Waals surface area contributed by atoms with Crippen LogP contribution >= 0.6 is 0 Å². The molecule has 1 saturated heterocycles. The van der Waals surface area contributed by atoms with Gasteiger partial charge in [0.2, 0.25) is 5.91 Å². The Hall–Kier alpha value is -3.26. The number of carbonyl (C=O) groups excluding carboxylic acids is 1. The SMILES string of the molecule is COc1cc(C(C(=O)N2CCC(N(C(=O)O)C(C)(C)C)CC2)C2(O)CCCCC2)ccc1OCc1ccccc1. The highest BCUT2D eigenvalue weighted by Gasteiger charge is 2.46. The van der Waals surface area contributed by atoms with Crippen molar-refractivity contribution in [2.45, 2.75) is 95.4 Å². The van der Waals surface area contributed by atoms with Gasteiger partial charge in [0, 0.05) is 24.7 Å². The molecule has 0 bridgehead atoms. The van der Waals surface area contributed by atoms with Crippen molar-refractivity contribution in [3.05, 3.63) is 59.7 Å². The molecule has 2 aromatic carbocycles. The number of ether oxygens (including phenoxy) is 2. The summed E-state index contributed by atoms with van der Waals surface area (Å²) >= 11 is 0. The van der Waals surface area contributed by atoms with Crippen molar-refractivity contribution < 1.29 is 29.3 Å². The summed E-state index contributed by atoms with van der Waals surface area (Å²) in [7, 11) is 1.58. The minimum Gasteiger partial charge on any atom is -0.493 e. The fourth-order valence-corrected chi connectivity index (χ4v) is 6.37. The third-order valence-electron chi connectivity index (χ3n) is 8.33. The molecule has 1 heterocycles. The number of hydrogen-bond donors (Lipinski definition) is 2. The van der Waals surface area contributed by atoms with E-state index in [-0.39, 0.29) is 11.9 Å². The van der Waals surface area contributed by atoms with Gasteiger partial charge in [0.1, 0.15) is 6.61 Å². The molecule has 1 aliphatic carbocycles. The maximum absolute atomic E-state index is 14.2. The molecule has 0 aromatic heterocycles. The third-order valence-corrected chi connectivity index (χ3v) is 8.33. The topological polar surface area (TPSA) is 99.5 Å². The molecule has 1 aliphatic heterocycles. The summed E-state index contributed by atoms with van der Waals surface area (Å²) in [5.41, 5.74) is 0.0719. The van der Waals surface area contributed by atoms with E-state index in [9.17, 15) is 19.8 Å². The Morgan fingerprint density at radius 1 is 1.02 bits per heavy atom. The normalized spacial score (nSPS) is 18.6. The van der Waals surface area contributed by atoms with E-state index in [0.29, 0.717) is 62.4 Å². The highest BCUT2D eigenvalue weighted by molar-refractivity contribution is 5.85. The molecule has 2 N–H and O–H groups in total. The van der Waals surface area contributed by atoms with Crippen molar-refractivity contribution >= 4 is 12.0 Å². The van der Waals surface area contributed by atoms with Crippen LogP contribution in [0.3, 0.4) is 0 Å². The standard InChI is InChI=1S/C32H44N2O6/c1-31(2,3)34(30(36)37)25-15-19-33(20-16-25)29(35)28(32(38)17-9-6-10-18-32)24-13-14-26(27(21-24)39-4)40-22-23-11-7-5-8-12-23/h5,7-8,11-14,21,25,28,38H,6,9-10,15-20,22H2,1-4H3,(H,36,37). The van der Waals surface area contributed by atoms with E-state index in [1.54, 1.807) is 7.11 Å². The smallest absolute Gasteiger partial charge is 0.407 e. The summed E-state index contributed by atoms with van der Waals surface area (Å²) in [5, 5.41) is 21.7. The zero-order chi connectivity index (χ0) is 28.9. The molecule has 1 saturated carbocycles. The number of methoxy groups -OCH3 is 1. The van der Waals surface area contributed by atoms with Gasteiger partial charge in [-0.15, -0.1) is 0 Å². The molecule has 2 aromatic rings. The molecular formula is C32H44N2O6. The van der Waals surface area contributed by atoms with Crippen LogP contribution in [0.5, 0.6) is 11.5 Å². The van der Waals surface area contributed by atoms with E-state index < -0.39 is 23.2 Å². The van der Waals surface area contributed by atoms with Crippen molar-refractivity contribution in [3.63, 3.8) is 0 Å². The zero-order valence-corrected chi connectivity index (χ0v) is 24.3. The molecule has 2 amide bonds. The number of hydrogen-bond acceptors (Lipinski definition) is 5. The van der Waals surface area contributed by atoms with Gasteiger partial charge in [-0.05, 0) is 69.7 Å². The van der Waals surface area contributed by atoms with Gasteiger partial charge in [-0.3, -0.25) is 4.79 Å². The fraction of sp³-hybridized carbons (Fsp3) is 0.562. The Balaban J connectivity index is 1.56. The monoisotopic (exact) mass is 552 g/mol. The summed E-state index contributed by atoms with van der Waals surface area (Å²) < 4.78 is 11.7. The van der Waals surface area contributed by atoms with Gasteiger partial charge in [0.25, 0.3) is 0 Å². The van der Waals surface area contributed by atoms with Gasteiger partial charge in [-0.25, -0.2) is 4.79 Å². The molecule has 0 radical (unpaired) electrons. The number of rotatable bonds is 8. The number of aliphatic hydroxyl groups is 1. The summed E-state index contributed by atoms with van der Waals surface area (Å²) in [6.07, 6.45) is 4.10. The first-order valence-corrected chi connectivity index (χ1v) is 14.4. The molecular weight excluding hydrogens is 508 g/mol. The van der Waals surface area contributed by atoms with Gasteiger partial charge in [-0.1, -0.05) is 55.7 Å². The lowest BCUT2D eigenvalue weighted by Gasteiger charge is -2.45. The second-order valence-electron chi connectivity index (χ2n) is 12.2. The van der Waals surface area contributed by atoms with Crippen LogP contribution in [0.15, 0.2) is 48.5 Å². The lowest BCUT2D eigenvalue weighted by Crippen LogP contribution is -2.56. The summed E-state index contributed by atoms with van der Waals surface area (Å²) in [4.78, 5) is 29.5. The average Bonchev–Trinajstić information content (AvgIpc) is 2.92. The van der Waals surface area contributed by atoms with Crippen molar-refractivity contribution in [2.75, 3.05) is 20.2 Å². The number of nitrogens with zero attached hydrogens (tertiary/aromatic N) is 2. The predicted octanol–water partition coefficient (Wildman–Crippen LogP) is 5.82. The van der Waals surface area contributed by atoms with Crippen LogP contribution in [0.2, 0.25) is 0 Å². The van der Waals surface area contributed by atoms with Crippen molar-refractivity contribution in [2.24, 2.45) is 0 Å². The lowest BCUT2D eigenvalue weighted by atomic mass is 9.72. The highest BCUT2D eigenvalue weighted by Crippen LogP contribution is 2.43. The van der Waals surface area contributed by atoms with Crippen molar-refractivity contribution in [3.8, 4) is 11.5 Å². The van der Waals surface area contributed by atoms with Crippen molar-refractivity contribution in [1.29, 1.82) is 0 Å². The van der Waals surface area contributed by atoms with Crippen LogP contribution in [0.25, 0.3) is 0 Å². The maximum Gasteiger partial charge on any atom is 0.407 e. The summed E-state index contributed by atoms with van der Waals surface area (Å²) in [6, 6.07) is 15.2. The summed E-state index contributed by atoms with van der Waals surface area (Å²) in [6.45, 7) is 6.98. The van der Waals surface area contributed by atoms with Crippen LogP contribution < -0.4 is 9.47 Å². The first-order chi connectivity index (χ1) is 19.0. The van der Waals surface area contributed by atoms with Gasteiger partial charge in [0.15, 0.2) is 11.5 Å². The molecule has 40 heavy (non-hydrogen) atoms. The van der Waals surface area contributed by atoms with E-state index >= 15 is 0 Å². The lowest BCUT2D eigenvalue weighted by molar-refractivity contribution is -0.143. The van der Waals surface area contributed by atoms with Crippen LogP contribution in [0.1, 0.15) is 82.8 Å². The highest BCUT2D eigenvalue weighted by atomic mass is 16.5. The number of amides is 2. The molecule has 4 rings (SSSR count). The van der Waals surface area contributed by atoms with Gasteiger partial charge in [0.05, 0.1) is 18.6 Å². The average molecular weight is 553 g/mol. The molecule has 218 valence electrons. The molecule has 1 atom stereocenters. The quantitative estimate of drug-likeness (QED) is 0.428.